The van der Waals surface area contributed by atoms with E-state index in [9.17, 15) is 13.2 Å². The van der Waals surface area contributed by atoms with Gasteiger partial charge in [-0.15, -0.1) is 12.4 Å². The van der Waals surface area contributed by atoms with Gasteiger partial charge in [-0.2, -0.15) is 0 Å². The molecule has 2 rings (SSSR count). The van der Waals surface area contributed by atoms with Gasteiger partial charge in [-0.25, -0.2) is 8.42 Å². The van der Waals surface area contributed by atoms with Crippen molar-refractivity contribution in [3.8, 4) is 0 Å². The Balaban J connectivity index is 0.00000312. The lowest BCUT2D eigenvalue weighted by Crippen LogP contribution is -2.55. The Bertz CT molecular complexity index is 733. The third-order valence-electron chi connectivity index (χ3n) is 4.68. The van der Waals surface area contributed by atoms with Crippen LogP contribution in [-0.2, 0) is 14.6 Å². The molecular formula is C18H29ClN2O3S. The van der Waals surface area contributed by atoms with E-state index in [0.717, 1.165) is 18.4 Å². The number of halogens is 1. The molecule has 0 heterocycles. The van der Waals surface area contributed by atoms with E-state index in [4.69, 9.17) is 5.73 Å². The molecule has 142 valence electrons. The minimum atomic E-state index is -3.77. The summed E-state index contributed by atoms with van der Waals surface area (Å²) >= 11 is 0. The molecule has 25 heavy (non-hydrogen) atoms. The van der Waals surface area contributed by atoms with Gasteiger partial charge < -0.3 is 11.1 Å². The van der Waals surface area contributed by atoms with Gasteiger partial charge in [0.25, 0.3) is 0 Å². The molecule has 0 saturated heterocycles. The molecule has 0 aromatic heterocycles. The lowest BCUT2D eigenvalue weighted by molar-refractivity contribution is -0.123. The number of carbonyl (C=O) groups excluding carboxylic acids is 1. The van der Waals surface area contributed by atoms with E-state index in [2.05, 4.69) is 5.32 Å². The first-order valence-corrected chi connectivity index (χ1v) is 9.87. The number of hydrogen-bond donors (Lipinski definition) is 2. The highest BCUT2D eigenvalue weighted by Crippen LogP contribution is 2.41. The maximum Gasteiger partial charge on any atom is 0.241 e. The van der Waals surface area contributed by atoms with Crippen molar-refractivity contribution in [1.82, 2.24) is 5.32 Å². The van der Waals surface area contributed by atoms with Crippen molar-refractivity contribution in [3.05, 3.63) is 29.3 Å². The fourth-order valence-corrected chi connectivity index (χ4v) is 5.64. The van der Waals surface area contributed by atoms with E-state index >= 15 is 0 Å². The zero-order valence-electron chi connectivity index (χ0n) is 15.4. The average Bonchev–Trinajstić information content (AvgIpc) is 2.97. The third-order valence-corrected chi connectivity index (χ3v) is 7.32. The number of rotatable bonds is 5. The average molecular weight is 389 g/mol. The second-order valence-electron chi connectivity index (χ2n) is 7.65. The van der Waals surface area contributed by atoms with Crippen molar-refractivity contribution in [2.24, 2.45) is 5.73 Å². The van der Waals surface area contributed by atoms with Gasteiger partial charge in [0, 0.05) is 12.1 Å². The predicted molar refractivity (Wildman–Crippen MR) is 103 cm³/mol. The summed E-state index contributed by atoms with van der Waals surface area (Å²) in [4.78, 5) is 13.2. The number of benzene rings is 1. The van der Waals surface area contributed by atoms with E-state index in [1.54, 1.807) is 32.9 Å². The molecule has 0 aliphatic heterocycles. The quantitative estimate of drug-likeness (QED) is 0.811. The number of aryl methyl sites for hydroxylation is 2. The molecule has 0 radical (unpaired) electrons. The molecule has 3 N–H and O–H groups in total. The van der Waals surface area contributed by atoms with Gasteiger partial charge in [-0.1, -0.05) is 25.0 Å². The molecule has 0 spiro atoms. The van der Waals surface area contributed by atoms with Gasteiger partial charge in [-0.05, 0) is 57.7 Å². The highest BCUT2D eigenvalue weighted by atomic mass is 35.5. The SMILES string of the molecule is Cc1ccc(C)c(S(=O)(=O)C2(C(=O)NCC(C)(C)N)CCCC2)c1.Cl. The van der Waals surface area contributed by atoms with E-state index in [1.807, 2.05) is 13.0 Å². The van der Waals surface area contributed by atoms with E-state index < -0.39 is 26.0 Å². The summed E-state index contributed by atoms with van der Waals surface area (Å²) in [5.41, 5.74) is 6.89. The van der Waals surface area contributed by atoms with Crippen molar-refractivity contribution in [1.29, 1.82) is 0 Å². The van der Waals surface area contributed by atoms with Crippen molar-refractivity contribution < 1.29 is 13.2 Å². The van der Waals surface area contributed by atoms with Gasteiger partial charge >= 0.3 is 0 Å². The Kier molecular flexibility index (Phi) is 6.70. The summed E-state index contributed by atoms with van der Waals surface area (Å²) in [7, 11) is -3.77. The second kappa shape index (κ2) is 7.64. The molecule has 0 unspecified atom stereocenters. The maximum absolute atomic E-state index is 13.4. The molecule has 1 aromatic carbocycles. The van der Waals surface area contributed by atoms with Crippen LogP contribution >= 0.6 is 12.4 Å². The first kappa shape index (κ1) is 21.9. The monoisotopic (exact) mass is 388 g/mol. The second-order valence-corrected chi connectivity index (χ2v) is 9.87. The molecular weight excluding hydrogens is 360 g/mol. The molecule has 5 nitrogen and oxygen atoms in total. The summed E-state index contributed by atoms with van der Waals surface area (Å²) in [6.45, 7) is 7.48. The summed E-state index contributed by atoms with van der Waals surface area (Å²) in [5, 5.41) is 2.77. The van der Waals surface area contributed by atoms with Crippen LogP contribution in [0.1, 0.15) is 50.7 Å². The van der Waals surface area contributed by atoms with Crippen LogP contribution in [0.15, 0.2) is 23.1 Å². The summed E-state index contributed by atoms with van der Waals surface area (Å²) < 4.78 is 25.4. The zero-order chi connectivity index (χ0) is 18.2. The molecule has 1 amide bonds. The number of sulfone groups is 1. The van der Waals surface area contributed by atoms with E-state index in [1.165, 1.54) is 0 Å². The summed E-state index contributed by atoms with van der Waals surface area (Å²) in [6.07, 6.45) is 2.20. The number of amides is 1. The molecule has 7 heteroatoms. The van der Waals surface area contributed by atoms with Crippen molar-refractivity contribution in [2.75, 3.05) is 6.54 Å². The Morgan fingerprint density at radius 3 is 2.32 bits per heavy atom. The fourth-order valence-electron chi connectivity index (χ4n) is 3.24. The Hall–Kier alpha value is -1.11. The Labute approximate surface area is 157 Å². The molecule has 1 fully saturated rings. The first-order valence-electron chi connectivity index (χ1n) is 8.39. The van der Waals surface area contributed by atoms with Crippen LogP contribution in [0.2, 0.25) is 0 Å². The van der Waals surface area contributed by atoms with Gasteiger partial charge in [0.1, 0.15) is 0 Å². The van der Waals surface area contributed by atoms with Gasteiger partial charge in [0.15, 0.2) is 14.6 Å². The largest absolute Gasteiger partial charge is 0.353 e. The van der Waals surface area contributed by atoms with E-state index in [0.29, 0.717) is 18.4 Å². The van der Waals surface area contributed by atoms with Crippen LogP contribution in [0.5, 0.6) is 0 Å². The van der Waals surface area contributed by atoms with Crippen molar-refractivity contribution >= 4 is 28.2 Å². The van der Waals surface area contributed by atoms with Gasteiger partial charge in [0.05, 0.1) is 4.90 Å². The van der Waals surface area contributed by atoms with Gasteiger partial charge in [-0.3, -0.25) is 4.79 Å². The standard InChI is InChI=1S/C18H28N2O3S.ClH/c1-13-7-8-14(2)15(11-13)24(22,23)18(9-5-6-10-18)16(21)20-12-17(3,4)19;/h7-8,11H,5-6,9-10,12,19H2,1-4H3,(H,20,21);1H. The zero-order valence-corrected chi connectivity index (χ0v) is 17.0. The van der Waals surface area contributed by atoms with Crippen LogP contribution in [-0.4, -0.2) is 31.2 Å². The Morgan fingerprint density at radius 1 is 1.24 bits per heavy atom. The molecule has 1 saturated carbocycles. The lowest BCUT2D eigenvalue weighted by atomic mass is 10.0. The molecule has 0 atom stereocenters. The number of hydrogen-bond acceptors (Lipinski definition) is 4. The molecule has 1 aliphatic carbocycles. The Morgan fingerprint density at radius 2 is 1.80 bits per heavy atom. The molecule has 0 bridgehead atoms. The number of nitrogens with one attached hydrogen (secondary N) is 1. The normalized spacial score (nSPS) is 17.0. The van der Waals surface area contributed by atoms with E-state index in [-0.39, 0.29) is 23.8 Å². The topological polar surface area (TPSA) is 89.3 Å². The smallest absolute Gasteiger partial charge is 0.241 e. The highest BCUT2D eigenvalue weighted by molar-refractivity contribution is 7.93. The number of carbonyl (C=O) groups is 1. The maximum atomic E-state index is 13.4. The molecule has 1 aliphatic rings. The number of nitrogens with two attached hydrogens (primary N) is 1. The van der Waals surface area contributed by atoms with Crippen LogP contribution in [0, 0.1) is 13.8 Å². The van der Waals surface area contributed by atoms with Crippen molar-refractivity contribution in [3.63, 3.8) is 0 Å². The predicted octanol–water partition coefficient (Wildman–Crippen LogP) is 2.67. The van der Waals surface area contributed by atoms with Crippen LogP contribution in [0.25, 0.3) is 0 Å². The highest BCUT2D eigenvalue weighted by Gasteiger charge is 2.53. The molecule has 1 aromatic rings. The van der Waals surface area contributed by atoms with Gasteiger partial charge in [0.2, 0.25) is 5.91 Å². The summed E-state index contributed by atoms with van der Waals surface area (Å²) in [5.74, 6) is -0.417. The van der Waals surface area contributed by atoms with Crippen LogP contribution < -0.4 is 11.1 Å². The minimum absolute atomic E-state index is 0. The third kappa shape index (κ3) is 4.36. The fraction of sp³-hybridized carbons (Fsp3) is 0.611. The minimum Gasteiger partial charge on any atom is -0.353 e. The lowest BCUT2D eigenvalue weighted by Gasteiger charge is -2.30. The van der Waals surface area contributed by atoms with Crippen LogP contribution in [0.3, 0.4) is 0 Å². The first-order chi connectivity index (χ1) is 11.0. The van der Waals surface area contributed by atoms with Crippen molar-refractivity contribution in [2.45, 2.75) is 68.6 Å². The summed E-state index contributed by atoms with van der Waals surface area (Å²) in [6, 6.07) is 5.35. The van der Waals surface area contributed by atoms with Crippen LogP contribution in [0.4, 0.5) is 0 Å².